The zero-order valence-electron chi connectivity index (χ0n) is 24.1. The van der Waals surface area contributed by atoms with Gasteiger partial charge in [-0.1, -0.05) is 91.0 Å². The number of fused-ring (bicyclic) bond motifs is 16. The summed E-state index contributed by atoms with van der Waals surface area (Å²) in [5, 5.41) is 13.1. The molecule has 0 radical (unpaired) electrons. The average Bonchev–Trinajstić information content (AvgIpc) is 3.87. The van der Waals surface area contributed by atoms with Crippen LogP contribution < -0.4 is 0 Å². The van der Waals surface area contributed by atoms with Gasteiger partial charge in [0.1, 0.15) is 0 Å². The van der Waals surface area contributed by atoms with Gasteiger partial charge in [0.15, 0.2) is 0 Å². The van der Waals surface area contributed by atoms with Crippen molar-refractivity contribution in [2.75, 3.05) is 0 Å². The van der Waals surface area contributed by atoms with Crippen molar-refractivity contribution in [3.05, 3.63) is 140 Å². The van der Waals surface area contributed by atoms with E-state index in [9.17, 15) is 0 Å². The Morgan fingerprint density at radius 1 is 0.289 bits per heavy atom. The van der Waals surface area contributed by atoms with E-state index in [4.69, 9.17) is 0 Å². The van der Waals surface area contributed by atoms with E-state index in [2.05, 4.69) is 153 Å². The Hall–Kier alpha value is -6.06. The number of nitrogens with zero attached hydrogens (tertiary/aromatic N) is 3. The maximum absolute atomic E-state index is 2.56. The molecule has 0 saturated heterocycles. The van der Waals surface area contributed by atoms with Crippen LogP contribution in [0, 0.1) is 0 Å². The van der Waals surface area contributed by atoms with Gasteiger partial charge >= 0.3 is 0 Å². The molecular weight excluding hydrogens is 546 g/mol. The molecule has 0 saturated carbocycles. The molecule has 45 heavy (non-hydrogen) atoms. The predicted octanol–water partition coefficient (Wildman–Crippen LogP) is 11.1. The van der Waals surface area contributed by atoms with Gasteiger partial charge in [-0.25, -0.2) is 0 Å². The maximum atomic E-state index is 2.56. The minimum atomic E-state index is 1.19. The Morgan fingerprint density at radius 3 is 1.67 bits per heavy atom. The molecule has 12 rings (SSSR count). The second-order valence-corrected chi connectivity index (χ2v) is 12.5. The summed E-state index contributed by atoms with van der Waals surface area (Å²) in [5.74, 6) is 0. The van der Waals surface area contributed by atoms with Crippen LogP contribution in [-0.4, -0.2) is 13.4 Å². The Morgan fingerprint density at radius 2 is 0.844 bits per heavy atom. The molecule has 0 atom stereocenters. The molecule has 7 aromatic carbocycles. The van der Waals surface area contributed by atoms with Crippen molar-refractivity contribution in [3.63, 3.8) is 0 Å². The molecule has 0 amide bonds. The third-order valence-electron chi connectivity index (χ3n) is 10.5. The van der Waals surface area contributed by atoms with Crippen molar-refractivity contribution in [2.45, 2.75) is 0 Å². The van der Waals surface area contributed by atoms with E-state index in [0.29, 0.717) is 0 Å². The number of para-hydroxylation sites is 5. The van der Waals surface area contributed by atoms with Gasteiger partial charge < -0.3 is 13.4 Å². The molecule has 0 bridgehead atoms. The first-order valence-corrected chi connectivity index (χ1v) is 15.6. The molecule has 206 valence electrons. The van der Waals surface area contributed by atoms with Crippen molar-refractivity contribution >= 4 is 98.0 Å². The van der Waals surface area contributed by atoms with Crippen molar-refractivity contribution < 1.29 is 0 Å². The summed E-state index contributed by atoms with van der Waals surface area (Å²) in [5.41, 5.74) is 11.4. The van der Waals surface area contributed by atoms with Gasteiger partial charge in [0, 0.05) is 59.5 Å². The van der Waals surface area contributed by atoms with Crippen LogP contribution in [0.25, 0.3) is 104 Å². The average molecular weight is 570 g/mol. The molecule has 0 unspecified atom stereocenters. The summed E-state index contributed by atoms with van der Waals surface area (Å²) in [6.45, 7) is 0. The first-order valence-electron chi connectivity index (χ1n) is 15.6. The van der Waals surface area contributed by atoms with Crippen LogP contribution >= 0.6 is 0 Å². The molecule has 3 nitrogen and oxygen atoms in total. The molecule has 0 fully saturated rings. The van der Waals surface area contributed by atoms with E-state index in [1.807, 2.05) is 0 Å². The molecule has 12 aromatic rings. The Labute approximate surface area is 256 Å². The summed E-state index contributed by atoms with van der Waals surface area (Å²) in [6.07, 6.45) is 0. The van der Waals surface area contributed by atoms with Gasteiger partial charge in [-0.3, -0.25) is 0 Å². The van der Waals surface area contributed by atoms with Gasteiger partial charge in [0.2, 0.25) is 0 Å². The van der Waals surface area contributed by atoms with Crippen LogP contribution in [-0.2, 0) is 0 Å². The third kappa shape index (κ3) is 2.47. The van der Waals surface area contributed by atoms with Crippen molar-refractivity contribution in [1.29, 1.82) is 0 Å². The quantitative estimate of drug-likeness (QED) is 0.187. The highest BCUT2D eigenvalue weighted by atomic mass is 15.0. The van der Waals surface area contributed by atoms with Crippen LogP contribution in [0.15, 0.2) is 140 Å². The van der Waals surface area contributed by atoms with Crippen molar-refractivity contribution in [1.82, 2.24) is 13.4 Å². The van der Waals surface area contributed by atoms with Crippen LogP contribution in [0.5, 0.6) is 0 Å². The molecule has 0 aliphatic carbocycles. The van der Waals surface area contributed by atoms with Gasteiger partial charge in [-0.2, -0.15) is 0 Å². The molecule has 0 spiro atoms. The highest BCUT2D eigenvalue weighted by molar-refractivity contribution is 6.38. The zero-order valence-corrected chi connectivity index (χ0v) is 24.1. The van der Waals surface area contributed by atoms with E-state index < -0.39 is 0 Å². The summed E-state index contributed by atoms with van der Waals surface area (Å²) < 4.78 is 7.47. The van der Waals surface area contributed by atoms with Gasteiger partial charge in [-0.05, 0) is 48.5 Å². The zero-order chi connectivity index (χ0) is 29.0. The topological polar surface area (TPSA) is 13.8 Å². The SMILES string of the molecule is c1ccc(-n2c3ccccc3c3cc4c(cc32)c2cccc3c5c6c7ccccc7n7c8ccccc8c(cc5n4c23)c67)cc1. The van der Waals surface area contributed by atoms with E-state index in [0.717, 1.165) is 0 Å². The molecule has 0 aliphatic heterocycles. The third-order valence-corrected chi connectivity index (χ3v) is 10.5. The second kappa shape index (κ2) is 7.53. The van der Waals surface area contributed by atoms with E-state index in [-0.39, 0.29) is 0 Å². The van der Waals surface area contributed by atoms with Crippen LogP contribution in [0.4, 0.5) is 0 Å². The fraction of sp³-hybridized carbons (Fsp3) is 0. The van der Waals surface area contributed by atoms with Crippen molar-refractivity contribution in [3.8, 4) is 5.69 Å². The number of hydrogen-bond acceptors (Lipinski definition) is 0. The standard InChI is InChI=1S/C42H23N3/c1-2-11-24(12-3-1)43-33-18-7-4-13-25(33)30-21-37-31(22-36(30)43)27-16-10-17-29-39-38(45(37)41(27)29)23-32-26-14-5-8-19-34(26)44-35-20-9-6-15-28(35)40(39)42(32)44/h1-23H. The summed E-state index contributed by atoms with van der Waals surface area (Å²) >= 11 is 0. The number of hydrogen-bond donors (Lipinski definition) is 0. The first-order chi connectivity index (χ1) is 22.4. The van der Waals surface area contributed by atoms with E-state index in [1.54, 1.807) is 0 Å². The van der Waals surface area contributed by atoms with Crippen LogP contribution in [0.2, 0.25) is 0 Å². The molecule has 5 heterocycles. The van der Waals surface area contributed by atoms with Gasteiger partial charge in [0.25, 0.3) is 0 Å². The summed E-state index contributed by atoms with van der Waals surface area (Å²) in [7, 11) is 0. The minimum Gasteiger partial charge on any atom is -0.309 e. The Bertz CT molecular complexity index is 3190. The number of rotatable bonds is 1. The lowest BCUT2D eigenvalue weighted by Gasteiger charge is -2.08. The molecule has 0 aliphatic rings. The van der Waals surface area contributed by atoms with Crippen molar-refractivity contribution in [2.24, 2.45) is 0 Å². The van der Waals surface area contributed by atoms with E-state index >= 15 is 0 Å². The lowest BCUT2D eigenvalue weighted by molar-refractivity contribution is 1.18. The Balaban J connectivity index is 1.36. The predicted molar refractivity (Wildman–Crippen MR) is 190 cm³/mol. The fourth-order valence-corrected chi connectivity index (χ4v) is 8.79. The number of benzene rings is 7. The Kier molecular flexibility index (Phi) is 3.76. The summed E-state index contributed by atoms with van der Waals surface area (Å²) in [4.78, 5) is 0. The lowest BCUT2D eigenvalue weighted by atomic mass is 10.0. The fourth-order valence-electron chi connectivity index (χ4n) is 8.79. The monoisotopic (exact) mass is 569 g/mol. The number of aromatic nitrogens is 3. The molecule has 3 heteroatoms. The first kappa shape index (κ1) is 22.5. The summed E-state index contributed by atoms with van der Waals surface area (Å²) in [6, 6.07) is 51.6. The second-order valence-electron chi connectivity index (χ2n) is 12.5. The molecule has 5 aromatic heterocycles. The van der Waals surface area contributed by atoms with E-state index in [1.165, 1.54) is 104 Å². The largest absolute Gasteiger partial charge is 0.309 e. The molecular formula is C42H23N3. The molecule has 0 N–H and O–H groups in total. The lowest BCUT2D eigenvalue weighted by Crippen LogP contribution is -1.92. The minimum absolute atomic E-state index is 1.19. The normalized spacial score (nSPS) is 12.9. The van der Waals surface area contributed by atoms with Gasteiger partial charge in [0.05, 0.1) is 44.1 Å². The highest BCUT2D eigenvalue weighted by Gasteiger charge is 2.26. The maximum Gasteiger partial charge on any atom is 0.0628 e. The highest BCUT2D eigenvalue weighted by Crippen LogP contribution is 2.49. The van der Waals surface area contributed by atoms with Crippen LogP contribution in [0.3, 0.4) is 0 Å². The smallest absolute Gasteiger partial charge is 0.0628 e. The van der Waals surface area contributed by atoms with Crippen LogP contribution in [0.1, 0.15) is 0 Å². The van der Waals surface area contributed by atoms with Gasteiger partial charge in [-0.15, -0.1) is 0 Å².